The number of carbonyl (C=O) groups excluding carboxylic acids is 1. The Balaban J connectivity index is 2.09. The van der Waals surface area contributed by atoms with Crippen LogP contribution in [0.1, 0.15) is 25.6 Å². The summed E-state index contributed by atoms with van der Waals surface area (Å²) in [4.78, 5) is 25.0. The summed E-state index contributed by atoms with van der Waals surface area (Å²) in [5.74, 6) is -0.179. The molecule has 1 aliphatic rings. The SMILES string of the molecule is CCN(C(=O)Cn1c(C)noc1=O)C1CC1. The molecule has 1 amide bonds. The van der Waals surface area contributed by atoms with Crippen LogP contribution in [0.4, 0.5) is 0 Å². The third-order valence-electron chi connectivity index (χ3n) is 2.81. The van der Waals surface area contributed by atoms with Crippen molar-refractivity contribution in [2.75, 3.05) is 6.54 Å². The molecule has 0 spiro atoms. The van der Waals surface area contributed by atoms with Crippen molar-refractivity contribution in [3.8, 4) is 0 Å². The average molecular weight is 225 g/mol. The van der Waals surface area contributed by atoms with E-state index in [2.05, 4.69) is 9.68 Å². The first kappa shape index (κ1) is 10.9. The van der Waals surface area contributed by atoms with Crippen LogP contribution in [-0.4, -0.2) is 33.1 Å². The highest BCUT2D eigenvalue weighted by Crippen LogP contribution is 2.26. The first-order chi connectivity index (χ1) is 7.63. The Morgan fingerprint density at radius 3 is 2.75 bits per heavy atom. The molecule has 1 aromatic rings. The molecule has 0 aromatic carbocycles. The topological polar surface area (TPSA) is 68.3 Å². The van der Waals surface area contributed by atoms with Gasteiger partial charge in [0, 0.05) is 12.6 Å². The third-order valence-corrected chi connectivity index (χ3v) is 2.81. The van der Waals surface area contributed by atoms with Gasteiger partial charge in [-0.1, -0.05) is 5.16 Å². The van der Waals surface area contributed by atoms with Gasteiger partial charge in [-0.25, -0.2) is 4.79 Å². The van der Waals surface area contributed by atoms with E-state index in [0.29, 0.717) is 18.4 Å². The molecule has 1 aromatic heterocycles. The number of likely N-dealkylation sites (N-methyl/N-ethyl adjacent to an activating group) is 1. The quantitative estimate of drug-likeness (QED) is 0.731. The predicted molar refractivity (Wildman–Crippen MR) is 55.9 cm³/mol. The van der Waals surface area contributed by atoms with E-state index in [1.807, 2.05) is 6.92 Å². The van der Waals surface area contributed by atoms with Crippen molar-refractivity contribution in [3.05, 3.63) is 16.4 Å². The molecule has 88 valence electrons. The van der Waals surface area contributed by atoms with Gasteiger partial charge in [-0.3, -0.25) is 13.9 Å². The first-order valence-corrected chi connectivity index (χ1v) is 5.46. The molecular formula is C10H15N3O3. The molecule has 0 aliphatic heterocycles. The van der Waals surface area contributed by atoms with E-state index >= 15 is 0 Å². The largest absolute Gasteiger partial charge is 0.442 e. The summed E-state index contributed by atoms with van der Waals surface area (Å²) in [6, 6.07) is 0.369. The maximum atomic E-state index is 11.9. The van der Waals surface area contributed by atoms with Gasteiger partial charge >= 0.3 is 5.76 Å². The molecule has 1 aliphatic carbocycles. The number of carbonyl (C=O) groups is 1. The third kappa shape index (κ3) is 2.00. The predicted octanol–water partition coefficient (Wildman–Crippen LogP) is 0.156. The van der Waals surface area contributed by atoms with Crippen molar-refractivity contribution in [1.29, 1.82) is 0 Å². The molecular weight excluding hydrogens is 210 g/mol. The van der Waals surface area contributed by atoms with E-state index < -0.39 is 5.76 Å². The van der Waals surface area contributed by atoms with Crippen molar-refractivity contribution in [2.45, 2.75) is 39.3 Å². The van der Waals surface area contributed by atoms with E-state index in [1.165, 1.54) is 4.57 Å². The van der Waals surface area contributed by atoms with Crippen molar-refractivity contribution in [3.63, 3.8) is 0 Å². The minimum Gasteiger partial charge on any atom is -0.338 e. The maximum Gasteiger partial charge on any atom is 0.442 e. The zero-order valence-electron chi connectivity index (χ0n) is 9.47. The number of amides is 1. The van der Waals surface area contributed by atoms with Crippen LogP contribution in [0.15, 0.2) is 9.32 Å². The average Bonchev–Trinajstić information content (AvgIpc) is 3.02. The van der Waals surface area contributed by atoms with Crippen molar-refractivity contribution in [1.82, 2.24) is 14.6 Å². The van der Waals surface area contributed by atoms with Gasteiger partial charge in [0.05, 0.1) is 0 Å². The molecule has 0 unspecified atom stereocenters. The molecule has 0 bridgehead atoms. The van der Waals surface area contributed by atoms with Crippen LogP contribution in [0.2, 0.25) is 0 Å². The lowest BCUT2D eigenvalue weighted by atomic mass is 10.4. The van der Waals surface area contributed by atoms with Crippen LogP contribution in [0.5, 0.6) is 0 Å². The van der Waals surface area contributed by atoms with E-state index in [0.717, 1.165) is 12.8 Å². The van der Waals surface area contributed by atoms with Crippen LogP contribution in [0.3, 0.4) is 0 Å². The smallest absolute Gasteiger partial charge is 0.338 e. The second-order valence-corrected chi connectivity index (χ2v) is 3.99. The fraction of sp³-hybridized carbons (Fsp3) is 0.700. The van der Waals surface area contributed by atoms with Gasteiger partial charge in [-0.15, -0.1) is 0 Å². The lowest BCUT2D eigenvalue weighted by Gasteiger charge is -2.20. The number of hydrogen-bond acceptors (Lipinski definition) is 4. The van der Waals surface area contributed by atoms with Crippen LogP contribution in [0, 0.1) is 6.92 Å². The molecule has 0 saturated heterocycles. The Bertz CT molecular complexity index is 444. The summed E-state index contributed by atoms with van der Waals surface area (Å²) in [7, 11) is 0. The number of aryl methyl sites for hydroxylation is 1. The zero-order chi connectivity index (χ0) is 11.7. The van der Waals surface area contributed by atoms with Crippen molar-refractivity contribution >= 4 is 5.91 Å². The normalized spacial score (nSPS) is 15.1. The lowest BCUT2D eigenvalue weighted by Crippen LogP contribution is -2.37. The summed E-state index contributed by atoms with van der Waals surface area (Å²) in [6.45, 7) is 4.30. The fourth-order valence-electron chi connectivity index (χ4n) is 1.77. The van der Waals surface area contributed by atoms with E-state index in [9.17, 15) is 9.59 Å². The molecule has 16 heavy (non-hydrogen) atoms. The minimum absolute atomic E-state index is 0.0263. The lowest BCUT2D eigenvalue weighted by molar-refractivity contribution is -0.132. The van der Waals surface area contributed by atoms with Gasteiger partial charge in [0.2, 0.25) is 5.91 Å². The number of aromatic nitrogens is 2. The summed E-state index contributed by atoms with van der Waals surface area (Å²) >= 11 is 0. The number of nitrogens with zero attached hydrogens (tertiary/aromatic N) is 3. The van der Waals surface area contributed by atoms with Gasteiger partial charge in [0.1, 0.15) is 6.54 Å². The number of rotatable bonds is 4. The van der Waals surface area contributed by atoms with Gasteiger partial charge in [-0.05, 0) is 26.7 Å². The Morgan fingerprint density at radius 2 is 2.31 bits per heavy atom. The maximum absolute atomic E-state index is 11.9. The summed E-state index contributed by atoms with van der Waals surface area (Å²) < 4.78 is 5.73. The summed E-state index contributed by atoms with van der Waals surface area (Å²) in [6.07, 6.45) is 2.13. The summed E-state index contributed by atoms with van der Waals surface area (Å²) in [5.41, 5.74) is 0. The molecule has 1 heterocycles. The van der Waals surface area contributed by atoms with E-state index in [-0.39, 0.29) is 12.5 Å². The van der Waals surface area contributed by atoms with Crippen LogP contribution in [-0.2, 0) is 11.3 Å². The minimum atomic E-state index is -0.572. The first-order valence-electron chi connectivity index (χ1n) is 5.46. The van der Waals surface area contributed by atoms with Gasteiger partial charge in [-0.2, -0.15) is 0 Å². The van der Waals surface area contributed by atoms with Crippen LogP contribution >= 0.6 is 0 Å². The Hall–Kier alpha value is -1.59. The van der Waals surface area contributed by atoms with Gasteiger partial charge in [0.15, 0.2) is 5.82 Å². The standard InChI is InChI=1S/C10H15N3O3/c1-3-12(8-4-5-8)9(14)6-13-7(2)11-16-10(13)15/h8H,3-6H2,1-2H3. The fourth-order valence-corrected chi connectivity index (χ4v) is 1.77. The number of hydrogen-bond donors (Lipinski definition) is 0. The van der Waals surface area contributed by atoms with E-state index in [4.69, 9.17) is 0 Å². The summed E-state index contributed by atoms with van der Waals surface area (Å²) in [5, 5.41) is 3.52. The Labute approximate surface area is 92.8 Å². The second kappa shape index (κ2) is 4.11. The Kier molecular flexibility index (Phi) is 2.80. The highest BCUT2D eigenvalue weighted by atomic mass is 16.5. The zero-order valence-corrected chi connectivity index (χ0v) is 9.47. The molecule has 2 rings (SSSR count). The molecule has 6 heteroatoms. The molecule has 1 saturated carbocycles. The molecule has 0 N–H and O–H groups in total. The monoisotopic (exact) mass is 225 g/mol. The van der Waals surface area contributed by atoms with Crippen LogP contribution in [0.25, 0.3) is 0 Å². The molecule has 0 radical (unpaired) electrons. The van der Waals surface area contributed by atoms with E-state index in [1.54, 1.807) is 11.8 Å². The highest BCUT2D eigenvalue weighted by Gasteiger charge is 2.31. The molecule has 1 fully saturated rings. The highest BCUT2D eigenvalue weighted by molar-refractivity contribution is 5.76. The second-order valence-electron chi connectivity index (χ2n) is 3.99. The van der Waals surface area contributed by atoms with Crippen LogP contribution < -0.4 is 5.76 Å². The molecule has 6 nitrogen and oxygen atoms in total. The Morgan fingerprint density at radius 1 is 1.62 bits per heavy atom. The van der Waals surface area contributed by atoms with Gasteiger partial charge < -0.3 is 4.90 Å². The van der Waals surface area contributed by atoms with Crippen molar-refractivity contribution < 1.29 is 9.32 Å². The van der Waals surface area contributed by atoms with Crippen molar-refractivity contribution in [2.24, 2.45) is 0 Å². The van der Waals surface area contributed by atoms with Gasteiger partial charge in [0.25, 0.3) is 0 Å². The molecule has 0 atom stereocenters.